The van der Waals surface area contributed by atoms with Crippen LogP contribution in [0, 0.1) is 30.6 Å². The molecule has 1 fully saturated rings. The summed E-state index contributed by atoms with van der Waals surface area (Å²) in [5.74, 6) is 13.8. The van der Waals surface area contributed by atoms with Gasteiger partial charge in [-0.25, -0.2) is 0 Å². The molecule has 8 rings (SSSR count). The maximum Gasteiger partial charge on any atom is 0.255 e. The molecular weight excluding hydrogens is 677 g/mol. The molecule has 1 saturated heterocycles. The largest absolute Gasteiger partial charge is 0.366 e. The first-order valence-electron chi connectivity index (χ1n) is 17.2. The molecule has 1 N–H and O–H groups in total. The van der Waals surface area contributed by atoms with Crippen LogP contribution in [0.2, 0.25) is 0 Å². The van der Waals surface area contributed by atoms with Crippen LogP contribution >= 0.6 is 11.3 Å². The summed E-state index contributed by atoms with van der Waals surface area (Å²) in [4.78, 5) is 39.6. The number of unbranched alkanes of at least 4 members (excludes halogenated alkanes) is 1. The molecule has 3 aromatic heterocycles. The fraction of sp³-hybridized carbons (Fsp3) is 0.308. The van der Waals surface area contributed by atoms with Gasteiger partial charge in [-0.1, -0.05) is 53.5 Å². The number of aromatic nitrogens is 6. The van der Waals surface area contributed by atoms with Gasteiger partial charge >= 0.3 is 0 Å². The van der Waals surface area contributed by atoms with Crippen molar-refractivity contribution in [3.8, 4) is 28.7 Å². The van der Waals surface area contributed by atoms with Gasteiger partial charge in [0.25, 0.3) is 5.91 Å². The molecule has 5 aromatic rings. The smallest absolute Gasteiger partial charge is 0.255 e. The molecular formula is C39H34N8O4S. The molecule has 260 valence electrons. The first kappa shape index (κ1) is 33.3. The fourth-order valence-corrected chi connectivity index (χ4v) is 8.09. The number of benzene rings is 2. The summed E-state index contributed by atoms with van der Waals surface area (Å²) in [5.41, 5.74) is 6.16. The maximum absolute atomic E-state index is 13.1. The van der Waals surface area contributed by atoms with Crippen LogP contribution in [0.15, 0.2) is 54.7 Å². The molecule has 3 amide bonds. The standard InChI is InChI=1S/C39H34N8O4S/c1-24-36-43-41-25(2)47(36)39-32(23-51-24)30(20-26-10-5-3-6-11-26)34(52-39)17-15-28-21-45(44-42-28)19-8-4-7-12-27-13-9-14-29-31(27)22-46(38(29)50)33-16-18-35(48)40-37(33)49/h3,5-6,9-11,13-14,21,24,33H,4,8,16,18-20,22-23H2,1-2H3,(H,40,48,49)/t24-,33?/m0/s1. The number of fused-ring (bicyclic) bond motifs is 4. The van der Waals surface area contributed by atoms with Crippen molar-refractivity contribution in [3.63, 3.8) is 0 Å². The number of nitrogens with one attached hydrogen (secondary N) is 1. The Balaban J connectivity index is 0.947. The number of aryl methyl sites for hydroxylation is 2. The number of ether oxygens (including phenoxy) is 1. The molecule has 0 bridgehead atoms. The van der Waals surface area contributed by atoms with Crippen LogP contribution in [-0.2, 0) is 40.4 Å². The Morgan fingerprint density at radius 2 is 1.87 bits per heavy atom. The Labute approximate surface area is 304 Å². The van der Waals surface area contributed by atoms with Gasteiger partial charge in [0.2, 0.25) is 11.8 Å². The quantitative estimate of drug-likeness (QED) is 0.156. The number of hydrogen-bond acceptors (Lipinski definition) is 9. The van der Waals surface area contributed by atoms with Crippen LogP contribution in [0.5, 0.6) is 0 Å². The number of piperidine rings is 1. The van der Waals surface area contributed by atoms with Crippen LogP contribution in [0.1, 0.15) is 99.1 Å². The number of rotatable bonds is 6. The molecule has 3 aliphatic rings. The normalized spacial score (nSPS) is 17.7. The van der Waals surface area contributed by atoms with E-state index in [0.29, 0.717) is 43.8 Å². The van der Waals surface area contributed by atoms with E-state index in [1.807, 2.05) is 50.4 Å². The molecule has 12 nitrogen and oxygen atoms in total. The van der Waals surface area contributed by atoms with Gasteiger partial charge in [0.05, 0.1) is 17.7 Å². The van der Waals surface area contributed by atoms with Crippen molar-refractivity contribution in [2.75, 3.05) is 0 Å². The zero-order valence-electron chi connectivity index (χ0n) is 28.7. The van der Waals surface area contributed by atoms with Crippen LogP contribution in [0.4, 0.5) is 0 Å². The minimum absolute atomic E-state index is 0.177. The molecule has 13 heteroatoms. The van der Waals surface area contributed by atoms with E-state index in [0.717, 1.165) is 56.6 Å². The Kier molecular flexibility index (Phi) is 8.97. The molecule has 0 spiro atoms. The molecule has 1 unspecified atom stereocenters. The highest BCUT2D eigenvalue weighted by molar-refractivity contribution is 7.15. The van der Waals surface area contributed by atoms with Crippen LogP contribution in [0.25, 0.3) is 5.00 Å². The molecule has 2 aromatic carbocycles. The molecule has 52 heavy (non-hydrogen) atoms. The second-order valence-corrected chi connectivity index (χ2v) is 14.0. The average molecular weight is 711 g/mol. The Bertz CT molecular complexity index is 2350. The number of carbonyl (C=O) groups is 3. The van der Waals surface area contributed by atoms with Crippen LogP contribution in [-0.4, -0.2) is 58.4 Å². The number of hydrogen-bond donors (Lipinski definition) is 1. The van der Waals surface area contributed by atoms with E-state index in [-0.39, 0.29) is 24.3 Å². The first-order valence-corrected chi connectivity index (χ1v) is 18.1. The van der Waals surface area contributed by atoms with Crippen molar-refractivity contribution in [2.24, 2.45) is 0 Å². The third kappa shape index (κ3) is 6.41. The van der Waals surface area contributed by atoms with Gasteiger partial charge in [0.15, 0.2) is 11.5 Å². The minimum Gasteiger partial charge on any atom is -0.366 e. The monoisotopic (exact) mass is 710 g/mol. The van der Waals surface area contributed by atoms with Gasteiger partial charge in [0, 0.05) is 42.6 Å². The predicted molar refractivity (Wildman–Crippen MR) is 191 cm³/mol. The lowest BCUT2D eigenvalue weighted by molar-refractivity contribution is -0.136. The fourth-order valence-electron chi connectivity index (χ4n) is 6.85. The lowest BCUT2D eigenvalue weighted by Crippen LogP contribution is -2.52. The summed E-state index contributed by atoms with van der Waals surface area (Å²) in [7, 11) is 0. The van der Waals surface area contributed by atoms with Crippen molar-refractivity contribution in [3.05, 3.63) is 110 Å². The van der Waals surface area contributed by atoms with Crippen molar-refractivity contribution >= 4 is 29.1 Å². The lowest BCUT2D eigenvalue weighted by atomic mass is 10.0. The second-order valence-electron chi connectivity index (χ2n) is 13.0. The average Bonchev–Trinajstić information content (AvgIpc) is 3.90. The van der Waals surface area contributed by atoms with Crippen LogP contribution in [0.3, 0.4) is 0 Å². The van der Waals surface area contributed by atoms with Crippen molar-refractivity contribution in [1.29, 1.82) is 0 Å². The number of carbonyl (C=O) groups excluding carboxylic acids is 3. The van der Waals surface area contributed by atoms with Gasteiger partial charge in [-0.15, -0.1) is 26.6 Å². The molecule has 6 heterocycles. The second kappa shape index (κ2) is 14.0. The zero-order chi connectivity index (χ0) is 35.8. The van der Waals surface area contributed by atoms with Crippen molar-refractivity contribution in [2.45, 2.75) is 77.8 Å². The SMILES string of the molecule is Cc1nnc2n1-c1sc(C#Cc3cn(CCCC#Cc4cccc5c4CN(C4CCC(=O)NC4=O)C5=O)nn3)c(Cc3ccccc3)c1CO[C@H]2C. The maximum atomic E-state index is 13.1. The predicted octanol–water partition coefficient (Wildman–Crippen LogP) is 4.40. The number of amides is 3. The highest BCUT2D eigenvalue weighted by Gasteiger charge is 2.39. The van der Waals surface area contributed by atoms with Crippen molar-refractivity contribution < 1.29 is 19.1 Å². The third-order valence-corrected chi connectivity index (χ3v) is 10.7. The van der Waals surface area contributed by atoms with E-state index in [9.17, 15) is 14.4 Å². The lowest BCUT2D eigenvalue weighted by Gasteiger charge is -2.29. The Hall–Kier alpha value is -5.89. The summed E-state index contributed by atoms with van der Waals surface area (Å²) in [6.07, 6.45) is 4.30. The van der Waals surface area contributed by atoms with Gasteiger partial charge in [-0.05, 0) is 73.8 Å². The molecule has 0 radical (unpaired) electrons. The number of nitrogens with zero attached hydrogens (tertiary/aromatic N) is 7. The van der Waals surface area contributed by atoms with Gasteiger partial charge in [-0.2, -0.15) is 0 Å². The summed E-state index contributed by atoms with van der Waals surface area (Å²) in [5, 5.41) is 20.7. The van der Waals surface area contributed by atoms with E-state index in [1.165, 1.54) is 5.56 Å². The summed E-state index contributed by atoms with van der Waals surface area (Å²) >= 11 is 1.62. The summed E-state index contributed by atoms with van der Waals surface area (Å²) in [6, 6.07) is 15.2. The summed E-state index contributed by atoms with van der Waals surface area (Å²) < 4.78 is 10.1. The van der Waals surface area contributed by atoms with E-state index in [2.05, 4.69) is 66.2 Å². The molecule has 0 aliphatic carbocycles. The number of thiophene rings is 1. The third-order valence-electron chi connectivity index (χ3n) is 9.55. The Morgan fingerprint density at radius 1 is 1.00 bits per heavy atom. The van der Waals surface area contributed by atoms with Crippen molar-refractivity contribution in [1.82, 2.24) is 40.0 Å². The van der Waals surface area contributed by atoms with Crippen LogP contribution < -0.4 is 5.32 Å². The highest BCUT2D eigenvalue weighted by atomic mass is 32.1. The summed E-state index contributed by atoms with van der Waals surface area (Å²) in [6.45, 7) is 5.34. The first-order chi connectivity index (χ1) is 25.3. The van der Waals surface area contributed by atoms with E-state index in [1.54, 1.807) is 27.0 Å². The van der Waals surface area contributed by atoms with E-state index >= 15 is 0 Å². The Morgan fingerprint density at radius 3 is 2.71 bits per heavy atom. The molecule has 3 aliphatic heterocycles. The minimum atomic E-state index is -0.655. The van der Waals surface area contributed by atoms with Gasteiger partial charge < -0.3 is 9.64 Å². The highest BCUT2D eigenvalue weighted by Crippen LogP contribution is 2.39. The topological polar surface area (TPSA) is 137 Å². The van der Waals surface area contributed by atoms with Gasteiger partial charge in [-0.3, -0.25) is 28.9 Å². The molecule has 2 atom stereocenters. The van der Waals surface area contributed by atoms with E-state index in [4.69, 9.17) is 4.74 Å². The molecule has 0 saturated carbocycles. The van der Waals surface area contributed by atoms with E-state index < -0.39 is 11.9 Å². The van der Waals surface area contributed by atoms with Gasteiger partial charge in [0.1, 0.15) is 23.0 Å². The zero-order valence-corrected chi connectivity index (χ0v) is 29.5. The number of imide groups is 1.